The van der Waals surface area contributed by atoms with Gasteiger partial charge in [0.15, 0.2) is 0 Å². The number of hydrogen-bond acceptors (Lipinski definition) is 5. The normalized spacial score (nSPS) is 13.9. The number of nitrogens with one attached hydrogen (secondary N) is 1. The Morgan fingerprint density at radius 2 is 2.37 bits per heavy atom. The van der Waals surface area contributed by atoms with Crippen LogP contribution < -0.4 is 5.32 Å². The van der Waals surface area contributed by atoms with Crippen LogP contribution in [0.3, 0.4) is 0 Å². The molecule has 0 saturated heterocycles. The smallest absolute Gasteiger partial charge is 0.254 e. The molecule has 0 saturated carbocycles. The molecular weight excluding hydrogens is 258 g/mol. The minimum absolute atomic E-state index is 0.689. The summed E-state index contributed by atoms with van der Waals surface area (Å²) in [7, 11) is 0. The topological polar surface area (TPSA) is 55.1 Å². The summed E-state index contributed by atoms with van der Waals surface area (Å²) in [4.78, 5) is 10.1. The highest BCUT2D eigenvalue weighted by Crippen LogP contribution is 2.28. The van der Waals surface area contributed by atoms with Gasteiger partial charge in [0.2, 0.25) is 0 Å². The Morgan fingerprint density at radius 3 is 3.26 bits per heavy atom. The third kappa shape index (κ3) is 1.79. The van der Waals surface area contributed by atoms with Gasteiger partial charge in [-0.1, -0.05) is 6.07 Å². The van der Waals surface area contributed by atoms with Crippen LogP contribution in [0.15, 0.2) is 23.8 Å². The van der Waals surface area contributed by atoms with Gasteiger partial charge in [0.1, 0.15) is 12.1 Å². The summed E-state index contributed by atoms with van der Waals surface area (Å²) in [6.07, 6.45) is 4.86. The Balaban J connectivity index is 1.76. The molecule has 0 unspecified atom stereocenters. The molecule has 19 heavy (non-hydrogen) atoms. The van der Waals surface area contributed by atoms with E-state index in [1.54, 1.807) is 17.7 Å². The first kappa shape index (κ1) is 10.9. The van der Waals surface area contributed by atoms with E-state index in [0.717, 1.165) is 25.2 Å². The lowest BCUT2D eigenvalue weighted by Gasteiger charge is -2.11. The van der Waals surface area contributed by atoms with Gasteiger partial charge in [-0.05, 0) is 30.7 Å². The number of rotatable bonds is 3. The number of nitrogens with zero attached hydrogens (tertiary/aromatic N) is 4. The molecule has 4 rings (SSSR count). The molecule has 0 spiro atoms. The van der Waals surface area contributed by atoms with Crippen LogP contribution in [0.2, 0.25) is 0 Å². The van der Waals surface area contributed by atoms with Crippen molar-refractivity contribution in [3.05, 3.63) is 40.0 Å². The van der Waals surface area contributed by atoms with Crippen molar-refractivity contribution in [3.63, 3.8) is 0 Å². The fourth-order valence-electron chi connectivity index (χ4n) is 2.59. The zero-order valence-corrected chi connectivity index (χ0v) is 11.2. The molecule has 1 aliphatic rings. The van der Waals surface area contributed by atoms with Gasteiger partial charge < -0.3 is 5.32 Å². The molecule has 1 N–H and O–H groups in total. The van der Waals surface area contributed by atoms with Crippen molar-refractivity contribution in [2.45, 2.75) is 25.8 Å². The van der Waals surface area contributed by atoms with Gasteiger partial charge in [-0.3, -0.25) is 0 Å². The molecule has 0 amide bonds. The van der Waals surface area contributed by atoms with Gasteiger partial charge in [-0.15, -0.1) is 11.3 Å². The summed E-state index contributed by atoms with van der Waals surface area (Å²) >= 11 is 1.76. The first-order valence-electron chi connectivity index (χ1n) is 6.39. The van der Waals surface area contributed by atoms with Crippen LogP contribution in [0.4, 0.5) is 5.82 Å². The van der Waals surface area contributed by atoms with Crippen molar-refractivity contribution < 1.29 is 0 Å². The lowest BCUT2D eigenvalue weighted by molar-refractivity contribution is 0.898. The molecule has 3 aromatic rings. The van der Waals surface area contributed by atoms with Crippen LogP contribution in [-0.4, -0.2) is 19.6 Å². The molecule has 0 aromatic carbocycles. The summed E-state index contributed by atoms with van der Waals surface area (Å²) < 4.78 is 1.82. The van der Waals surface area contributed by atoms with Crippen molar-refractivity contribution in [1.82, 2.24) is 19.6 Å². The second-order valence-corrected chi connectivity index (χ2v) is 5.68. The van der Waals surface area contributed by atoms with Crippen LogP contribution in [0.5, 0.6) is 0 Å². The third-order valence-corrected chi connectivity index (χ3v) is 4.34. The number of hydrogen-bond donors (Lipinski definition) is 1. The number of anilines is 1. The third-order valence-electron chi connectivity index (χ3n) is 3.46. The maximum atomic E-state index is 4.57. The van der Waals surface area contributed by atoms with E-state index in [4.69, 9.17) is 0 Å². The van der Waals surface area contributed by atoms with E-state index in [1.165, 1.54) is 22.6 Å². The molecule has 0 fully saturated rings. The molecule has 0 radical (unpaired) electrons. The Bertz CT molecular complexity index is 716. The predicted molar refractivity (Wildman–Crippen MR) is 74.5 cm³/mol. The summed E-state index contributed by atoms with van der Waals surface area (Å²) in [5.74, 6) is 1.75. The minimum atomic E-state index is 0.689. The van der Waals surface area contributed by atoms with Gasteiger partial charge in [0.25, 0.3) is 5.78 Å². The molecule has 3 aromatic heterocycles. The van der Waals surface area contributed by atoms with E-state index in [2.05, 4.69) is 37.9 Å². The van der Waals surface area contributed by atoms with E-state index in [1.807, 2.05) is 4.52 Å². The summed E-state index contributed by atoms with van der Waals surface area (Å²) in [6.45, 7) is 0.822. The van der Waals surface area contributed by atoms with Crippen molar-refractivity contribution in [3.8, 4) is 0 Å². The number of aryl methyl sites for hydroxylation is 1. The minimum Gasteiger partial charge on any atom is -0.365 e. The highest BCUT2D eigenvalue weighted by molar-refractivity contribution is 7.09. The molecule has 5 nitrogen and oxygen atoms in total. The Morgan fingerprint density at radius 1 is 1.37 bits per heavy atom. The van der Waals surface area contributed by atoms with Gasteiger partial charge in [-0.25, -0.2) is 4.98 Å². The Hall–Kier alpha value is -1.95. The standard InChI is InChI=1S/C13H13N5S/c1-4-10-11(5-1)17-13-15-8-16-18(13)12(10)14-7-9-3-2-6-19-9/h2-3,6,8,14H,1,4-5,7H2. The number of fused-ring (bicyclic) bond motifs is 2. The molecule has 0 bridgehead atoms. The molecule has 6 heteroatoms. The molecule has 0 aliphatic heterocycles. The summed E-state index contributed by atoms with van der Waals surface area (Å²) in [6, 6.07) is 4.21. The molecular formula is C13H13N5S. The highest BCUT2D eigenvalue weighted by Gasteiger charge is 2.20. The van der Waals surface area contributed by atoms with Gasteiger partial charge in [-0.2, -0.15) is 14.6 Å². The SMILES string of the molecule is c1csc(CNc2c3c(nc4ncnn24)CCC3)c1. The van der Waals surface area contributed by atoms with E-state index >= 15 is 0 Å². The summed E-state index contributed by atoms with van der Waals surface area (Å²) in [5.41, 5.74) is 2.48. The largest absolute Gasteiger partial charge is 0.365 e. The molecule has 96 valence electrons. The predicted octanol–water partition coefficient (Wildman–Crippen LogP) is 2.29. The maximum Gasteiger partial charge on any atom is 0.254 e. The molecule has 0 atom stereocenters. The van der Waals surface area contributed by atoms with Crippen molar-refractivity contribution in [1.29, 1.82) is 0 Å². The number of aromatic nitrogens is 4. The zero-order chi connectivity index (χ0) is 12.7. The Labute approximate surface area is 114 Å². The van der Waals surface area contributed by atoms with Crippen molar-refractivity contribution in [2.75, 3.05) is 5.32 Å². The van der Waals surface area contributed by atoms with Gasteiger partial charge >= 0.3 is 0 Å². The van der Waals surface area contributed by atoms with Gasteiger partial charge in [0.05, 0.1) is 12.2 Å². The first-order chi connectivity index (χ1) is 9.42. The Kier molecular flexibility index (Phi) is 2.48. The first-order valence-corrected chi connectivity index (χ1v) is 7.27. The lowest BCUT2D eigenvalue weighted by atomic mass is 10.2. The van der Waals surface area contributed by atoms with Crippen molar-refractivity contribution >= 4 is 22.9 Å². The average Bonchev–Trinajstić information content (AvgIpc) is 3.14. The van der Waals surface area contributed by atoms with E-state index in [-0.39, 0.29) is 0 Å². The van der Waals surface area contributed by atoms with E-state index < -0.39 is 0 Å². The zero-order valence-electron chi connectivity index (χ0n) is 10.3. The molecule has 1 aliphatic carbocycles. The van der Waals surface area contributed by atoms with Crippen LogP contribution in [0.1, 0.15) is 22.6 Å². The van der Waals surface area contributed by atoms with Gasteiger partial charge in [0, 0.05) is 10.4 Å². The average molecular weight is 271 g/mol. The van der Waals surface area contributed by atoms with Crippen LogP contribution in [0.25, 0.3) is 5.78 Å². The monoisotopic (exact) mass is 271 g/mol. The van der Waals surface area contributed by atoms with Crippen LogP contribution >= 0.6 is 11.3 Å². The van der Waals surface area contributed by atoms with Crippen LogP contribution in [-0.2, 0) is 19.4 Å². The summed E-state index contributed by atoms with van der Waals surface area (Å²) in [5, 5.41) is 9.88. The second-order valence-electron chi connectivity index (χ2n) is 4.64. The van der Waals surface area contributed by atoms with Crippen LogP contribution in [0, 0.1) is 0 Å². The van der Waals surface area contributed by atoms with E-state index in [0.29, 0.717) is 5.78 Å². The van der Waals surface area contributed by atoms with Crippen molar-refractivity contribution in [2.24, 2.45) is 0 Å². The fourth-order valence-corrected chi connectivity index (χ4v) is 3.23. The lowest BCUT2D eigenvalue weighted by Crippen LogP contribution is -2.09. The maximum absolute atomic E-state index is 4.57. The quantitative estimate of drug-likeness (QED) is 0.794. The number of thiophene rings is 1. The second kappa shape index (κ2) is 4.31. The van der Waals surface area contributed by atoms with E-state index in [9.17, 15) is 0 Å². The molecule has 3 heterocycles. The highest BCUT2D eigenvalue weighted by atomic mass is 32.1. The fraction of sp³-hybridized carbons (Fsp3) is 0.308.